The number of carbonyl (C=O) groups excluding carboxylic acids is 1. The number of amides is 1. The van der Waals surface area contributed by atoms with Crippen LogP contribution in [0.15, 0.2) is 51.6 Å². The molecule has 0 fully saturated rings. The monoisotopic (exact) mass is 303 g/mol. The molecule has 7 heteroatoms. The number of rotatable bonds is 4. The zero-order valence-electron chi connectivity index (χ0n) is 10.7. The summed E-state index contributed by atoms with van der Waals surface area (Å²) < 4.78 is 10.1. The van der Waals surface area contributed by atoms with Crippen molar-refractivity contribution in [3.8, 4) is 11.5 Å². The molecule has 6 nitrogen and oxygen atoms in total. The summed E-state index contributed by atoms with van der Waals surface area (Å²) in [4.78, 5) is 15.9. The van der Waals surface area contributed by atoms with Gasteiger partial charge in [0.15, 0.2) is 11.6 Å². The van der Waals surface area contributed by atoms with Gasteiger partial charge >= 0.3 is 0 Å². The lowest BCUT2D eigenvalue weighted by Crippen LogP contribution is -2.22. The van der Waals surface area contributed by atoms with Crippen molar-refractivity contribution in [1.82, 2.24) is 15.5 Å². The minimum Gasteiger partial charge on any atom is -0.459 e. The molecule has 2 heterocycles. The number of aromatic nitrogens is 2. The summed E-state index contributed by atoms with van der Waals surface area (Å²) in [7, 11) is 0. The fourth-order valence-electron chi connectivity index (χ4n) is 1.72. The van der Waals surface area contributed by atoms with Crippen molar-refractivity contribution in [3.63, 3.8) is 0 Å². The molecule has 0 atom stereocenters. The molecule has 0 spiro atoms. The summed E-state index contributed by atoms with van der Waals surface area (Å²) in [5.74, 6) is 0.604. The smallest absolute Gasteiger partial charge is 0.287 e. The summed E-state index contributed by atoms with van der Waals surface area (Å²) in [5, 5.41) is 7.02. The second-order valence-electron chi connectivity index (χ2n) is 4.19. The molecule has 3 rings (SSSR count). The first-order chi connectivity index (χ1) is 10.2. The Morgan fingerprint density at radius 1 is 1.29 bits per heavy atom. The van der Waals surface area contributed by atoms with Crippen LogP contribution >= 0.6 is 11.6 Å². The standard InChI is InChI=1S/C14H10ClN3O3/c15-10-4-1-3-9(7-10)14-17-12(18-21-14)8-16-13(19)11-5-2-6-20-11/h1-7H,8H2,(H,16,19). The fraction of sp³-hybridized carbons (Fsp3) is 0.0714. The molecule has 0 saturated carbocycles. The molecular formula is C14H10ClN3O3. The Balaban J connectivity index is 1.67. The molecule has 0 radical (unpaired) electrons. The predicted octanol–water partition coefficient (Wildman–Crippen LogP) is 2.91. The van der Waals surface area contributed by atoms with E-state index in [1.54, 1.807) is 30.3 Å². The van der Waals surface area contributed by atoms with Crippen LogP contribution in [0.4, 0.5) is 0 Å². The van der Waals surface area contributed by atoms with E-state index in [4.69, 9.17) is 20.5 Å². The Morgan fingerprint density at radius 3 is 2.95 bits per heavy atom. The second kappa shape index (κ2) is 5.80. The molecule has 0 aliphatic carbocycles. The van der Waals surface area contributed by atoms with E-state index < -0.39 is 0 Å². The minimum atomic E-state index is -0.339. The van der Waals surface area contributed by atoms with Crippen LogP contribution in [-0.4, -0.2) is 16.0 Å². The number of furan rings is 1. The van der Waals surface area contributed by atoms with Gasteiger partial charge in [-0.15, -0.1) is 0 Å². The lowest BCUT2D eigenvalue weighted by atomic mass is 10.2. The van der Waals surface area contributed by atoms with Crippen molar-refractivity contribution in [2.24, 2.45) is 0 Å². The van der Waals surface area contributed by atoms with Gasteiger partial charge in [0.05, 0.1) is 12.8 Å². The van der Waals surface area contributed by atoms with Gasteiger partial charge in [-0.05, 0) is 30.3 Å². The number of hydrogen-bond acceptors (Lipinski definition) is 5. The van der Waals surface area contributed by atoms with Crippen LogP contribution in [0.1, 0.15) is 16.4 Å². The molecule has 1 amide bonds. The number of nitrogens with one attached hydrogen (secondary N) is 1. The first kappa shape index (κ1) is 13.4. The average Bonchev–Trinajstić information content (AvgIpc) is 3.16. The highest BCUT2D eigenvalue weighted by molar-refractivity contribution is 6.30. The first-order valence-corrected chi connectivity index (χ1v) is 6.50. The SMILES string of the molecule is O=C(NCc1noc(-c2cccc(Cl)c2)n1)c1ccco1. The van der Waals surface area contributed by atoms with Crippen LogP contribution in [0.2, 0.25) is 5.02 Å². The highest BCUT2D eigenvalue weighted by Crippen LogP contribution is 2.20. The number of benzene rings is 1. The topological polar surface area (TPSA) is 81.2 Å². The van der Waals surface area contributed by atoms with Gasteiger partial charge in [-0.3, -0.25) is 4.79 Å². The molecule has 0 bridgehead atoms. The maximum absolute atomic E-state index is 11.7. The molecule has 0 unspecified atom stereocenters. The zero-order valence-corrected chi connectivity index (χ0v) is 11.5. The molecule has 106 valence electrons. The van der Waals surface area contributed by atoms with Crippen LogP contribution in [0.25, 0.3) is 11.5 Å². The lowest BCUT2D eigenvalue weighted by molar-refractivity contribution is 0.0922. The molecular weight excluding hydrogens is 294 g/mol. The Labute approximate surface area is 124 Å². The third-order valence-electron chi connectivity index (χ3n) is 2.69. The van der Waals surface area contributed by atoms with Crippen molar-refractivity contribution >= 4 is 17.5 Å². The maximum atomic E-state index is 11.7. The van der Waals surface area contributed by atoms with E-state index in [1.165, 1.54) is 6.26 Å². The van der Waals surface area contributed by atoms with E-state index in [2.05, 4.69) is 15.5 Å². The van der Waals surface area contributed by atoms with Crippen molar-refractivity contribution < 1.29 is 13.7 Å². The number of hydrogen-bond donors (Lipinski definition) is 1. The van der Waals surface area contributed by atoms with Crippen LogP contribution in [-0.2, 0) is 6.54 Å². The Bertz CT molecular complexity index is 752. The molecule has 0 aliphatic rings. The van der Waals surface area contributed by atoms with E-state index in [0.29, 0.717) is 16.7 Å². The van der Waals surface area contributed by atoms with Gasteiger partial charge in [0.1, 0.15) is 0 Å². The van der Waals surface area contributed by atoms with Crippen LogP contribution in [0.3, 0.4) is 0 Å². The second-order valence-corrected chi connectivity index (χ2v) is 4.62. The molecule has 0 aliphatic heterocycles. The largest absolute Gasteiger partial charge is 0.459 e. The van der Waals surface area contributed by atoms with Crippen molar-refractivity contribution in [2.45, 2.75) is 6.54 Å². The summed E-state index contributed by atoms with van der Waals surface area (Å²) in [5.41, 5.74) is 0.721. The summed E-state index contributed by atoms with van der Waals surface area (Å²) in [6.45, 7) is 0.142. The van der Waals surface area contributed by atoms with E-state index in [0.717, 1.165) is 5.56 Å². The van der Waals surface area contributed by atoms with Gasteiger partial charge in [0.2, 0.25) is 0 Å². The van der Waals surface area contributed by atoms with Crippen molar-refractivity contribution in [2.75, 3.05) is 0 Å². The fourth-order valence-corrected chi connectivity index (χ4v) is 1.91. The Kier molecular flexibility index (Phi) is 3.70. The summed E-state index contributed by atoms with van der Waals surface area (Å²) in [6.07, 6.45) is 1.43. The predicted molar refractivity (Wildman–Crippen MR) is 74.6 cm³/mol. The Morgan fingerprint density at radius 2 is 2.19 bits per heavy atom. The number of nitrogens with zero attached hydrogens (tertiary/aromatic N) is 2. The van der Waals surface area contributed by atoms with Crippen LogP contribution in [0.5, 0.6) is 0 Å². The third kappa shape index (κ3) is 3.11. The molecule has 0 saturated heterocycles. The zero-order chi connectivity index (χ0) is 14.7. The van der Waals surface area contributed by atoms with Gasteiger partial charge in [0.25, 0.3) is 11.8 Å². The summed E-state index contributed by atoms with van der Waals surface area (Å²) >= 11 is 5.90. The minimum absolute atomic E-state index is 0.142. The molecule has 1 aromatic carbocycles. The Hall–Kier alpha value is -2.60. The van der Waals surface area contributed by atoms with E-state index >= 15 is 0 Å². The quantitative estimate of drug-likeness (QED) is 0.801. The van der Waals surface area contributed by atoms with Crippen molar-refractivity contribution in [1.29, 1.82) is 0 Å². The lowest BCUT2D eigenvalue weighted by Gasteiger charge is -1.98. The van der Waals surface area contributed by atoms with E-state index in [-0.39, 0.29) is 18.2 Å². The van der Waals surface area contributed by atoms with Gasteiger partial charge < -0.3 is 14.3 Å². The van der Waals surface area contributed by atoms with Gasteiger partial charge in [-0.2, -0.15) is 4.98 Å². The van der Waals surface area contributed by atoms with Gasteiger partial charge in [-0.1, -0.05) is 22.8 Å². The van der Waals surface area contributed by atoms with Gasteiger partial charge in [-0.25, -0.2) is 0 Å². The highest BCUT2D eigenvalue weighted by Gasteiger charge is 2.12. The number of carbonyl (C=O) groups is 1. The molecule has 3 aromatic rings. The highest BCUT2D eigenvalue weighted by atomic mass is 35.5. The molecule has 21 heavy (non-hydrogen) atoms. The molecule has 1 N–H and O–H groups in total. The van der Waals surface area contributed by atoms with E-state index in [1.807, 2.05) is 6.07 Å². The van der Waals surface area contributed by atoms with Crippen molar-refractivity contribution in [3.05, 3.63) is 59.3 Å². The first-order valence-electron chi connectivity index (χ1n) is 6.12. The van der Waals surface area contributed by atoms with Gasteiger partial charge in [0, 0.05) is 10.6 Å². The van der Waals surface area contributed by atoms with E-state index in [9.17, 15) is 4.79 Å². The maximum Gasteiger partial charge on any atom is 0.287 e. The van der Waals surface area contributed by atoms with Crippen LogP contribution < -0.4 is 5.32 Å². The van der Waals surface area contributed by atoms with Crippen LogP contribution in [0, 0.1) is 0 Å². The average molecular weight is 304 g/mol. The third-order valence-corrected chi connectivity index (χ3v) is 2.93. The number of halogens is 1. The normalized spacial score (nSPS) is 10.5. The molecule has 2 aromatic heterocycles. The summed E-state index contributed by atoms with van der Waals surface area (Å²) in [6, 6.07) is 10.3.